The molecular weight excluding hydrogens is 569 g/mol. The molecule has 3 fully saturated rings. The van der Waals surface area contributed by atoms with Gasteiger partial charge in [0.1, 0.15) is 35.5 Å². The number of carboxylic acid groups (broad SMARTS) is 1. The van der Waals surface area contributed by atoms with Crippen LogP contribution >= 0.6 is 0 Å². The summed E-state index contributed by atoms with van der Waals surface area (Å²) in [5.41, 5.74) is 3.34. The average molecular weight is 592 g/mol. The maximum Gasteiger partial charge on any atom is 0.346 e. The molecule has 1 aromatic carbocycles. The molecule has 2 aliphatic heterocycles. The molecule has 6 unspecified atom stereocenters. The lowest BCUT2D eigenvalue weighted by molar-refractivity contribution is -0.278. The number of esters is 1. The second kappa shape index (κ2) is 10.0. The van der Waals surface area contributed by atoms with Gasteiger partial charge >= 0.3 is 11.9 Å². The number of aliphatic carboxylic acids is 1. The summed E-state index contributed by atoms with van der Waals surface area (Å²) in [5, 5.41) is 38.8. The summed E-state index contributed by atoms with van der Waals surface area (Å²) >= 11 is 0. The lowest BCUT2D eigenvalue weighted by atomic mass is 9.99. The molecule has 0 spiro atoms. The molecule has 1 saturated carbocycles. The molecule has 2 aromatic heterocycles. The summed E-state index contributed by atoms with van der Waals surface area (Å²) < 4.78 is 54.8. The number of aliphatic hydroxyl groups excluding tert-OH is 3. The van der Waals surface area contributed by atoms with Gasteiger partial charge in [-0.05, 0) is 30.0 Å². The van der Waals surface area contributed by atoms with E-state index in [9.17, 15) is 43.6 Å². The summed E-state index contributed by atoms with van der Waals surface area (Å²) in [7, 11) is 0. The lowest BCUT2D eigenvalue weighted by Crippen LogP contribution is -2.60. The quantitative estimate of drug-likeness (QED) is 0.233. The van der Waals surface area contributed by atoms with E-state index in [-0.39, 0.29) is 35.0 Å². The maximum atomic E-state index is 15.3. The molecule has 1 aliphatic carbocycles. The number of hydrogen-bond donors (Lipinski definition) is 5. The number of ether oxygens (including phenoxy) is 2. The topological polar surface area (TPSA) is 198 Å². The number of carbonyl (C=O) groups is 2. The molecule has 6 rings (SSSR count). The van der Waals surface area contributed by atoms with Crippen molar-refractivity contribution in [3.8, 4) is 5.69 Å². The van der Waals surface area contributed by atoms with Gasteiger partial charge in [-0.2, -0.15) is 0 Å². The van der Waals surface area contributed by atoms with Gasteiger partial charge in [-0.25, -0.2) is 27.7 Å². The molecule has 0 radical (unpaired) electrons. The first-order chi connectivity index (χ1) is 19.9. The van der Waals surface area contributed by atoms with Gasteiger partial charge in [0.25, 0.3) is 0 Å². The number of halogens is 3. The highest BCUT2D eigenvalue weighted by Crippen LogP contribution is 2.45. The second-order valence-electron chi connectivity index (χ2n) is 10.5. The fourth-order valence-corrected chi connectivity index (χ4v) is 5.51. The number of fused-ring (bicyclic) bond motifs is 2. The van der Waals surface area contributed by atoms with Crippen LogP contribution in [0.2, 0.25) is 0 Å². The molecular formula is C26H23F3N4O9. The largest absolute Gasteiger partial charge is 0.479 e. The highest BCUT2D eigenvalue weighted by molar-refractivity contribution is 5.94. The number of piperidine rings is 1. The van der Waals surface area contributed by atoms with Crippen LogP contribution in [0.15, 0.2) is 35.3 Å². The third-order valence-electron chi connectivity index (χ3n) is 7.90. The zero-order valence-electron chi connectivity index (χ0n) is 21.3. The van der Waals surface area contributed by atoms with Crippen molar-refractivity contribution in [1.82, 2.24) is 9.55 Å². The van der Waals surface area contributed by atoms with Crippen molar-refractivity contribution in [3.05, 3.63) is 63.7 Å². The fraction of sp³-hybridized carbons (Fsp3) is 0.385. The minimum Gasteiger partial charge on any atom is -0.479 e. The average Bonchev–Trinajstić information content (AvgIpc) is 3.31. The van der Waals surface area contributed by atoms with E-state index < -0.39 is 76.5 Å². The minimum atomic E-state index is -2.16. The van der Waals surface area contributed by atoms with E-state index in [1.54, 1.807) is 4.90 Å². The van der Waals surface area contributed by atoms with Crippen molar-refractivity contribution < 1.29 is 52.7 Å². The Bertz CT molecular complexity index is 1670. The fourth-order valence-electron chi connectivity index (χ4n) is 5.51. The van der Waals surface area contributed by atoms with Crippen LogP contribution in [-0.4, -0.2) is 91.8 Å². The molecule has 16 heteroatoms. The van der Waals surface area contributed by atoms with Crippen LogP contribution in [0.5, 0.6) is 0 Å². The van der Waals surface area contributed by atoms with E-state index in [1.807, 2.05) is 0 Å². The second-order valence-corrected chi connectivity index (χ2v) is 10.5. The van der Waals surface area contributed by atoms with Crippen molar-refractivity contribution >= 4 is 28.8 Å². The number of carboxylic acids is 1. The number of nitrogens with zero attached hydrogens (tertiary/aromatic N) is 3. The number of benzene rings is 1. The van der Waals surface area contributed by atoms with Crippen LogP contribution in [0, 0.1) is 29.3 Å². The number of pyridine rings is 2. The van der Waals surface area contributed by atoms with E-state index in [1.165, 1.54) is 0 Å². The molecule has 0 amide bonds. The zero-order valence-corrected chi connectivity index (χ0v) is 21.3. The van der Waals surface area contributed by atoms with Gasteiger partial charge in [-0.15, -0.1) is 0 Å². The highest BCUT2D eigenvalue weighted by atomic mass is 19.1. The Morgan fingerprint density at radius 1 is 1.02 bits per heavy atom. The Morgan fingerprint density at radius 2 is 1.71 bits per heavy atom. The van der Waals surface area contributed by atoms with Crippen LogP contribution in [-0.2, 0) is 14.3 Å². The zero-order chi connectivity index (χ0) is 30.2. The standard InChI is InChI=1S/C26H23F3N4O9/c27-8-1-2-15(13(28)3-8)33-7-12(25(40)42-26-20(37)18(35)19(36)21(41-26)24(38)39)17(34)9-4-14(29)23(31-22(9)33)32-5-10-11(6-32)16(10)30/h1-4,7,10-11,16,18-21,26,35-37H,5-6,30H2,(H,38,39)/t10-,11+,16?,18?,19?,20?,21?,26?. The Hall–Kier alpha value is -4.09. The Kier molecular flexibility index (Phi) is 6.69. The predicted octanol–water partition coefficient (Wildman–Crippen LogP) is -0.755. The molecule has 3 aromatic rings. The van der Waals surface area contributed by atoms with Crippen LogP contribution in [0.1, 0.15) is 10.4 Å². The van der Waals surface area contributed by atoms with E-state index in [4.69, 9.17) is 15.2 Å². The van der Waals surface area contributed by atoms with Gasteiger partial charge in [-0.1, -0.05) is 0 Å². The van der Waals surface area contributed by atoms with Gasteiger partial charge in [0.2, 0.25) is 11.7 Å². The molecule has 13 nitrogen and oxygen atoms in total. The Balaban J connectivity index is 1.44. The molecule has 2 saturated heterocycles. The van der Waals surface area contributed by atoms with Gasteiger partial charge in [0.05, 0.1) is 11.1 Å². The molecule has 42 heavy (non-hydrogen) atoms. The molecule has 4 heterocycles. The lowest BCUT2D eigenvalue weighted by Gasteiger charge is -2.37. The van der Waals surface area contributed by atoms with Crippen molar-refractivity contribution in [2.24, 2.45) is 17.6 Å². The van der Waals surface area contributed by atoms with Crippen LogP contribution in [0.4, 0.5) is 19.0 Å². The summed E-state index contributed by atoms with van der Waals surface area (Å²) in [5.74, 6) is -6.09. The van der Waals surface area contributed by atoms with Crippen molar-refractivity contribution in [1.29, 1.82) is 0 Å². The number of rotatable bonds is 5. The van der Waals surface area contributed by atoms with Crippen molar-refractivity contribution in [2.45, 2.75) is 36.7 Å². The molecule has 8 atom stereocenters. The van der Waals surface area contributed by atoms with E-state index >= 15 is 4.39 Å². The Labute approximate surface area is 233 Å². The predicted molar refractivity (Wildman–Crippen MR) is 134 cm³/mol. The van der Waals surface area contributed by atoms with E-state index in [0.29, 0.717) is 19.2 Å². The van der Waals surface area contributed by atoms with Crippen LogP contribution in [0.3, 0.4) is 0 Å². The first-order valence-electron chi connectivity index (χ1n) is 12.7. The normalized spacial score (nSPS) is 30.3. The molecule has 222 valence electrons. The van der Waals surface area contributed by atoms with Gasteiger partial charge in [-0.3, -0.25) is 9.36 Å². The molecule has 3 aliphatic rings. The monoisotopic (exact) mass is 592 g/mol. The Morgan fingerprint density at radius 3 is 2.36 bits per heavy atom. The number of nitrogens with two attached hydrogens (primary N) is 1. The maximum absolute atomic E-state index is 15.3. The third-order valence-corrected chi connectivity index (χ3v) is 7.90. The van der Waals surface area contributed by atoms with Gasteiger partial charge in [0.15, 0.2) is 23.4 Å². The summed E-state index contributed by atoms with van der Waals surface area (Å²) in [6.45, 7) is 0.810. The van der Waals surface area contributed by atoms with Gasteiger partial charge < -0.3 is 40.5 Å². The summed E-state index contributed by atoms with van der Waals surface area (Å²) in [6.07, 6.45) is -9.77. The molecule has 6 N–H and O–H groups in total. The number of carbonyl (C=O) groups excluding carboxylic acids is 1. The number of aliphatic hydroxyl groups is 3. The number of anilines is 1. The SMILES string of the molecule is NC1[C@H]2CN(c3nc4c(cc3F)c(=O)c(C(=O)OC3OC(C(=O)O)C(O)C(O)C3O)cn4-c3ccc(F)cc3F)C[C@@H]12. The molecule has 0 bridgehead atoms. The van der Waals surface area contributed by atoms with Crippen LogP contribution < -0.4 is 16.1 Å². The van der Waals surface area contributed by atoms with E-state index in [0.717, 1.165) is 29.0 Å². The first kappa shape index (κ1) is 28.0. The van der Waals surface area contributed by atoms with Crippen LogP contribution in [0.25, 0.3) is 16.7 Å². The first-order valence-corrected chi connectivity index (χ1v) is 12.7. The number of hydrogen-bond acceptors (Lipinski definition) is 11. The smallest absolute Gasteiger partial charge is 0.346 e. The van der Waals surface area contributed by atoms with Gasteiger partial charge in [0, 0.05) is 31.4 Å². The summed E-state index contributed by atoms with van der Waals surface area (Å²) in [4.78, 5) is 43.8. The van der Waals surface area contributed by atoms with Crippen molar-refractivity contribution in [2.75, 3.05) is 18.0 Å². The minimum absolute atomic E-state index is 0.00774. The summed E-state index contributed by atoms with van der Waals surface area (Å²) in [6, 6.07) is 3.26. The number of aromatic nitrogens is 2. The van der Waals surface area contributed by atoms with E-state index in [2.05, 4.69) is 4.98 Å². The third kappa shape index (κ3) is 4.47. The van der Waals surface area contributed by atoms with Crippen molar-refractivity contribution in [3.63, 3.8) is 0 Å². The highest BCUT2D eigenvalue weighted by Gasteiger charge is 2.54.